The Labute approximate surface area is 196 Å². The molecule has 3 aromatic rings. The molecule has 0 saturated heterocycles. The Morgan fingerprint density at radius 2 is 1.94 bits per heavy atom. The zero-order valence-electron chi connectivity index (χ0n) is 17.7. The molecular weight excluding hydrogens is 453 g/mol. The third kappa shape index (κ3) is 5.35. The van der Waals surface area contributed by atoms with Crippen LogP contribution in [0.25, 0.3) is 0 Å². The summed E-state index contributed by atoms with van der Waals surface area (Å²) in [5.74, 6) is 1.53. The maximum Gasteiger partial charge on any atom is 0.273 e. The van der Waals surface area contributed by atoms with Crippen molar-refractivity contribution >= 4 is 29.1 Å². The number of carbonyl (C=O) groups is 1. The fourth-order valence-electron chi connectivity index (χ4n) is 3.28. The molecular formula is C23H23Cl2N3O4. The van der Waals surface area contributed by atoms with E-state index in [1.165, 1.54) is 6.26 Å². The highest BCUT2D eigenvalue weighted by molar-refractivity contribution is 6.35. The molecule has 0 bridgehead atoms. The van der Waals surface area contributed by atoms with E-state index in [1.807, 2.05) is 30.3 Å². The van der Waals surface area contributed by atoms with Gasteiger partial charge in [0.25, 0.3) is 5.91 Å². The zero-order valence-corrected chi connectivity index (χ0v) is 19.2. The summed E-state index contributed by atoms with van der Waals surface area (Å²) in [6.07, 6.45) is 1.37. The summed E-state index contributed by atoms with van der Waals surface area (Å²) in [7, 11) is 0. The minimum atomic E-state index is -0.311. The number of fused-ring (bicyclic) bond motifs is 1. The van der Waals surface area contributed by atoms with Crippen LogP contribution in [0.4, 0.5) is 0 Å². The number of carbonyl (C=O) groups excluding carboxylic acids is 1. The maximum atomic E-state index is 12.5. The van der Waals surface area contributed by atoms with Crippen LogP contribution < -0.4 is 14.8 Å². The fraction of sp³-hybridized carbons (Fsp3) is 0.304. The minimum absolute atomic E-state index is 0.205. The molecule has 2 aromatic carbocycles. The lowest BCUT2D eigenvalue weighted by atomic mass is 10.2. The Morgan fingerprint density at radius 3 is 2.72 bits per heavy atom. The average Bonchev–Trinajstić information content (AvgIpc) is 3.42. The third-order valence-electron chi connectivity index (χ3n) is 5.13. The van der Waals surface area contributed by atoms with Crippen molar-refractivity contribution in [2.45, 2.75) is 39.5 Å². The van der Waals surface area contributed by atoms with Crippen LogP contribution in [0.15, 0.2) is 47.1 Å². The van der Waals surface area contributed by atoms with E-state index in [9.17, 15) is 4.79 Å². The van der Waals surface area contributed by atoms with Gasteiger partial charge in [0.1, 0.15) is 6.26 Å². The van der Waals surface area contributed by atoms with E-state index in [0.717, 1.165) is 11.1 Å². The Bertz CT molecular complexity index is 1120. The highest BCUT2D eigenvalue weighted by atomic mass is 35.5. The number of oxazole rings is 1. The SMILES string of the molecule is CC(C)N(Cc1nc(C(=O)NCc2ccc3c(c2)OCO3)co1)Cc1ccc(Cl)cc1Cl. The Balaban J connectivity index is 1.36. The van der Waals surface area contributed by atoms with Crippen molar-refractivity contribution in [3.05, 3.63) is 75.4 Å². The number of hydrogen-bond acceptors (Lipinski definition) is 6. The summed E-state index contributed by atoms with van der Waals surface area (Å²) in [5.41, 5.74) is 2.09. The average molecular weight is 476 g/mol. The first kappa shape index (κ1) is 22.5. The van der Waals surface area contributed by atoms with E-state index in [-0.39, 0.29) is 24.4 Å². The Kier molecular flexibility index (Phi) is 6.89. The van der Waals surface area contributed by atoms with Gasteiger partial charge in [-0.05, 0) is 49.2 Å². The summed E-state index contributed by atoms with van der Waals surface area (Å²) < 4.78 is 16.2. The van der Waals surface area contributed by atoms with Crippen LogP contribution >= 0.6 is 23.2 Å². The number of hydrogen-bond donors (Lipinski definition) is 1. The summed E-state index contributed by atoms with van der Waals surface area (Å²) >= 11 is 12.3. The molecule has 1 N–H and O–H groups in total. The van der Waals surface area contributed by atoms with Gasteiger partial charge >= 0.3 is 0 Å². The van der Waals surface area contributed by atoms with Crippen molar-refractivity contribution in [2.75, 3.05) is 6.79 Å². The Morgan fingerprint density at radius 1 is 1.12 bits per heavy atom. The fourth-order valence-corrected chi connectivity index (χ4v) is 3.74. The van der Waals surface area contributed by atoms with E-state index >= 15 is 0 Å². The predicted molar refractivity (Wildman–Crippen MR) is 121 cm³/mol. The first-order chi connectivity index (χ1) is 15.4. The predicted octanol–water partition coefficient (Wildman–Crippen LogP) is 5.05. The Hall–Kier alpha value is -2.74. The van der Waals surface area contributed by atoms with Crippen LogP contribution in [0.1, 0.15) is 41.4 Å². The quantitative estimate of drug-likeness (QED) is 0.491. The van der Waals surface area contributed by atoms with Gasteiger partial charge in [0, 0.05) is 29.2 Å². The van der Waals surface area contributed by atoms with Gasteiger partial charge < -0.3 is 19.2 Å². The van der Waals surface area contributed by atoms with Crippen LogP contribution in [-0.2, 0) is 19.6 Å². The van der Waals surface area contributed by atoms with Crippen LogP contribution in [0.2, 0.25) is 10.0 Å². The van der Waals surface area contributed by atoms with Crippen molar-refractivity contribution in [3.8, 4) is 11.5 Å². The molecule has 4 rings (SSSR count). The highest BCUT2D eigenvalue weighted by Crippen LogP contribution is 2.32. The normalized spacial score (nSPS) is 12.6. The molecule has 0 unspecified atom stereocenters. The van der Waals surface area contributed by atoms with Gasteiger partial charge in [-0.15, -0.1) is 0 Å². The first-order valence-electron chi connectivity index (χ1n) is 10.2. The highest BCUT2D eigenvalue weighted by Gasteiger charge is 2.19. The molecule has 1 amide bonds. The molecule has 0 aliphatic carbocycles. The molecule has 1 aliphatic rings. The van der Waals surface area contributed by atoms with E-state index in [4.69, 9.17) is 37.1 Å². The molecule has 0 saturated carbocycles. The van der Waals surface area contributed by atoms with Crippen molar-refractivity contribution in [2.24, 2.45) is 0 Å². The topological polar surface area (TPSA) is 76.8 Å². The molecule has 0 atom stereocenters. The number of rotatable bonds is 8. The van der Waals surface area contributed by atoms with Crippen LogP contribution in [-0.4, -0.2) is 28.6 Å². The summed E-state index contributed by atoms with van der Waals surface area (Å²) in [6, 6.07) is 11.2. The zero-order chi connectivity index (χ0) is 22.7. The van der Waals surface area contributed by atoms with E-state index in [1.54, 1.807) is 6.07 Å². The number of nitrogens with one attached hydrogen (secondary N) is 1. The molecule has 1 aromatic heterocycles. The number of benzene rings is 2. The molecule has 1 aliphatic heterocycles. The van der Waals surface area contributed by atoms with Crippen LogP contribution in [0.3, 0.4) is 0 Å². The number of ether oxygens (including phenoxy) is 2. The first-order valence-corrected chi connectivity index (χ1v) is 10.9. The van der Waals surface area contributed by atoms with Crippen molar-refractivity contribution in [1.29, 1.82) is 0 Å². The molecule has 168 valence electrons. The van der Waals surface area contributed by atoms with Gasteiger partial charge in [0.15, 0.2) is 17.2 Å². The lowest BCUT2D eigenvalue weighted by molar-refractivity contribution is 0.0945. The standard InChI is InChI=1S/C23H23Cl2N3O4/c1-14(2)28(10-16-4-5-17(24)8-18(16)25)11-22-27-19(12-30-22)23(29)26-9-15-3-6-20-21(7-15)32-13-31-20/h3-8,12,14H,9-11,13H2,1-2H3,(H,26,29). The monoisotopic (exact) mass is 475 g/mol. The number of nitrogens with zero attached hydrogens (tertiary/aromatic N) is 2. The van der Waals surface area contributed by atoms with Crippen molar-refractivity contribution < 1.29 is 18.7 Å². The van der Waals surface area contributed by atoms with E-state index in [0.29, 0.717) is 47.1 Å². The smallest absolute Gasteiger partial charge is 0.273 e. The van der Waals surface area contributed by atoms with Gasteiger partial charge in [-0.1, -0.05) is 35.3 Å². The van der Waals surface area contributed by atoms with Gasteiger partial charge in [-0.25, -0.2) is 4.98 Å². The second-order valence-electron chi connectivity index (χ2n) is 7.73. The molecule has 0 radical (unpaired) electrons. The van der Waals surface area contributed by atoms with Gasteiger partial charge in [-0.2, -0.15) is 0 Å². The summed E-state index contributed by atoms with van der Waals surface area (Å²) in [4.78, 5) is 19.0. The molecule has 7 nitrogen and oxygen atoms in total. The second-order valence-corrected chi connectivity index (χ2v) is 8.57. The van der Waals surface area contributed by atoms with Crippen LogP contribution in [0.5, 0.6) is 11.5 Å². The third-order valence-corrected chi connectivity index (χ3v) is 5.72. The number of amides is 1. The van der Waals surface area contributed by atoms with Gasteiger partial charge in [-0.3, -0.25) is 9.69 Å². The summed E-state index contributed by atoms with van der Waals surface area (Å²) in [5, 5.41) is 4.05. The molecule has 0 fully saturated rings. The largest absolute Gasteiger partial charge is 0.454 e. The molecule has 32 heavy (non-hydrogen) atoms. The summed E-state index contributed by atoms with van der Waals surface area (Å²) in [6.45, 7) is 5.74. The van der Waals surface area contributed by atoms with Crippen LogP contribution in [0, 0.1) is 0 Å². The van der Waals surface area contributed by atoms with E-state index in [2.05, 4.69) is 29.0 Å². The maximum absolute atomic E-state index is 12.5. The lowest BCUT2D eigenvalue weighted by Crippen LogP contribution is -2.30. The van der Waals surface area contributed by atoms with E-state index < -0.39 is 0 Å². The molecule has 9 heteroatoms. The number of aromatic nitrogens is 1. The van der Waals surface area contributed by atoms with Gasteiger partial charge in [0.05, 0.1) is 6.54 Å². The second kappa shape index (κ2) is 9.81. The molecule has 0 spiro atoms. The van der Waals surface area contributed by atoms with Gasteiger partial charge in [0.2, 0.25) is 12.7 Å². The van der Waals surface area contributed by atoms with Crippen molar-refractivity contribution in [1.82, 2.24) is 15.2 Å². The van der Waals surface area contributed by atoms with Crippen molar-refractivity contribution in [3.63, 3.8) is 0 Å². The lowest BCUT2D eigenvalue weighted by Gasteiger charge is -2.25. The number of halogens is 2. The molecule has 2 heterocycles. The minimum Gasteiger partial charge on any atom is -0.454 e.